The largest absolute Gasteiger partial charge is 0.481 e. The van der Waals surface area contributed by atoms with Gasteiger partial charge in [0.1, 0.15) is 0 Å². The minimum atomic E-state index is -0.664. The Balaban J connectivity index is 1.70. The molecule has 0 radical (unpaired) electrons. The van der Waals surface area contributed by atoms with Gasteiger partial charge >= 0.3 is 5.97 Å². The number of carboxylic acids is 1. The summed E-state index contributed by atoms with van der Waals surface area (Å²) in [7, 11) is 0. The zero-order valence-electron chi connectivity index (χ0n) is 12.0. The van der Waals surface area contributed by atoms with Crippen LogP contribution < -0.4 is 0 Å². The molecule has 0 aliphatic carbocycles. The summed E-state index contributed by atoms with van der Waals surface area (Å²) in [6.07, 6.45) is 13.3. The first-order valence-corrected chi connectivity index (χ1v) is 7.71. The molecule has 0 aromatic heterocycles. The Kier molecular flexibility index (Phi) is 9.33. The number of carbonyl (C=O) groups is 1. The summed E-state index contributed by atoms with van der Waals surface area (Å²) >= 11 is 0. The summed E-state index contributed by atoms with van der Waals surface area (Å²) in [4.78, 5) is 16.9. The van der Waals surface area contributed by atoms with Crippen molar-refractivity contribution in [1.82, 2.24) is 4.90 Å². The quantitative estimate of drug-likeness (QED) is 0.552. The lowest BCUT2D eigenvalue weighted by Gasteiger charge is -2.12. The van der Waals surface area contributed by atoms with Crippen molar-refractivity contribution in [2.75, 3.05) is 19.8 Å². The fourth-order valence-electron chi connectivity index (χ4n) is 2.42. The predicted octanol–water partition coefficient (Wildman–Crippen LogP) is 3.32. The van der Waals surface area contributed by atoms with E-state index in [1.54, 1.807) is 0 Å². The maximum absolute atomic E-state index is 10.3. The molecule has 4 nitrogen and oxygen atoms in total. The molecule has 0 bridgehead atoms. The average Bonchev–Trinajstić information content (AvgIpc) is 2.88. The van der Waals surface area contributed by atoms with Crippen molar-refractivity contribution in [3.05, 3.63) is 0 Å². The van der Waals surface area contributed by atoms with E-state index in [0.29, 0.717) is 6.42 Å². The molecule has 1 aliphatic heterocycles. The Labute approximate surface area is 116 Å². The molecule has 0 saturated heterocycles. The van der Waals surface area contributed by atoms with Crippen LogP contribution >= 0.6 is 0 Å². The van der Waals surface area contributed by atoms with E-state index in [4.69, 9.17) is 5.11 Å². The number of aliphatic carboxylic acids is 1. The van der Waals surface area contributed by atoms with E-state index in [2.05, 4.69) is 9.89 Å². The number of hydrogen-bond donors (Lipinski definition) is 1. The van der Waals surface area contributed by atoms with Crippen molar-refractivity contribution >= 4 is 12.2 Å². The monoisotopic (exact) mass is 268 g/mol. The van der Waals surface area contributed by atoms with Crippen molar-refractivity contribution in [2.24, 2.45) is 4.99 Å². The summed E-state index contributed by atoms with van der Waals surface area (Å²) in [6.45, 7) is 3.13. The zero-order chi connectivity index (χ0) is 13.8. The van der Waals surface area contributed by atoms with E-state index >= 15 is 0 Å². The maximum Gasteiger partial charge on any atom is 0.303 e. The van der Waals surface area contributed by atoms with Gasteiger partial charge in [-0.25, -0.2) is 0 Å². The fourth-order valence-corrected chi connectivity index (χ4v) is 2.42. The Bertz CT molecular complexity index is 259. The van der Waals surface area contributed by atoms with Crippen molar-refractivity contribution in [3.8, 4) is 0 Å². The third-order valence-electron chi connectivity index (χ3n) is 3.62. The van der Waals surface area contributed by atoms with Gasteiger partial charge in [0.05, 0.1) is 6.67 Å². The lowest BCUT2D eigenvalue weighted by atomic mass is 10.1. The molecular formula is C15H28N2O2. The van der Waals surface area contributed by atoms with E-state index in [1.807, 2.05) is 6.21 Å². The molecule has 19 heavy (non-hydrogen) atoms. The van der Waals surface area contributed by atoms with Gasteiger partial charge in [0.25, 0.3) is 0 Å². The smallest absolute Gasteiger partial charge is 0.303 e. The second kappa shape index (κ2) is 11.0. The van der Waals surface area contributed by atoms with Crippen LogP contribution in [0.25, 0.3) is 0 Å². The molecule has 0 unspecified atom stereocenters. The number of aliphatic imine (C=N–C) groups is 1. The summed E-state index contributed by atoms with van der Waals surface area (Å²) in [6, 6.07) is 0. The summed E-state index contributed by atoms with van der Waals surface area (Å²) in [5.41, 5.74) is 0. The van der Waals surface area contributed by atoms with Gasteiger partial charge in [0.15, 0.2) is 0 Å². The highest BCUT2D eigenvalue weighted by Gasteiger charge is 2.05. The molecule has 1 heterocycles. The third kappa shape index (κ3) is 9.65. The summed E-state index contributed by atoms with van der Waals surface area (Å²) in [5.74, 6) is -0.664. The van der Waals surface area contributed by atoms with Gasteiger partial charge in [-0.05, 0) is 12.8 Å². The highest BCUT2D eigenvalue weighted by Crippen LogP contribution is 2.11. The van der Waals surface area contributed by atoms with Gasteiger partial charge < -0.3 is 5.11 Å². The first kappa shape index (κ1) is 16.2. The van der Waals surface area contributed by atoms with Gasteiger partial charge in [-0.15, -0.1) is 0 Å². The SMILES string of the molecule is O=C(O)CCCCCCCCCCCN1CC=NC1. The molecule has 4 heteroatoms. The molecule has 0 amide bonds. The minimum Gasteiger partial charge on any atom is -0.481 e. The molecule has 0 atom stereocenters. The van der Waals surface area contributed by atoms with Crippen LogP contribution in [0.3, 0.4) is 0 Å². The fraction of sp³-hybridized carbons (Fsp3) is 0.867. The van der Waals surface area contributed by atoms with E-state index < -0.39 is 5.97 Å². The molecule has 0 saturated carbocycles. The normalized spacial score (nSPS) is 15.2. The van der Waals surface area contributed by atoms with Crippen LogP contribution in [0.4, 0.5) is 0 Å². The molecule has 0 fully saturated rings. The molecular weight excluding hydrogens is 240 g/mol. The highest BCUT2D eigenvalue weighted by molar-refractivity contribution is 5.66. The van der Waals surface area contributed by atoms with Crippen molar-refractivity contribution in [3.63, 3.8) is 0 Å². The van der Waals surface area contributed by atoms with Crippen LogP contribution in [0.1, 0.15) is 64.2 Å². The van der Waals surface area contributed by atoms with E-state index in [-0.39, 0.29) is 0 Å². The Morgan fingerprint density at radius 2 is 1.58 bits per heavy atom. The number of hydrogen-bond acceptors (Lipinski definition) is 3. The molecule has 110 valence electrons. The summed E-state index contributed by atoms with van der Waals surface area (Å²) < 4.78 is 0. The first-order valence-electron chi connectivity index (χ1n) is 7.71. The molecule has 0 aromatic rings. The highest BCUT2D eigenvalue weighted by atomic mass is 16.4. The molecule has 0 aromatic carbocycles. The molecule has 0 spiro atoms. The van der Waals surface area contributed by atoms with E-state index in [9.17, 15) is 4.79 Å². The number of unbranched alkanes of at least 4 members (excludes halogenated alkanes) is 8. The van der Waals surface area contributed by atoms with E-state index in [0.717, 1.165) is 26.1 Å². The van der Waals surface area contributed by atoms with Crippen LogP contribution in [0, 0.1) is 0 Å². The number of nitrogens with zero attached hydrogens (tertiary/aromatic N) is 2. The standard InChI is InChI=1S/C15H28N2O2/c18-15(19)10-8-6-4-2-1-3-5-7-9-12-17-13-11-16-14-17/h11H,1-10,12-14H2,(H,18,19). The number of carboxylic acid groups (broad SMARTS) is 1. The second-order valence-corrected chi connectivity index (χ2v) is 5.41. The lowest BCUT2D eigenvalue weighted by molar-refractivity contribution is -0.137. The first-order chi connectivity index (χ1) is 9.29. The lowest BCUT2D eigenvalue weighted by Crippen LogP contribution is -2.21. The van der Waals surface area contributed by atoms with Crippen LogP contribution in [0.2, 0.25) is 0 Å². The van der Waals surface area contributed by atoms with E-state index in [1.165, 1.54) is 51.5 Å². The molecule has 1 rings (SSSR count). The average molecular weight is 268 g/mol. The van der Waals surface area contributed by atoms with Crippen LogP contribution in [0.5, 0.6) is 0 Å². The number of rotatable bonds is 12. The van der Waals surface area contributed by atoms with Gasteiger partial charge in [-0.3, -0.25) is 14.7 Å². The third-order valence-corrected chi connectivity index (χ3v) is 3.62. The molecule has 1 aliphatic rings. The Hall–Kier alpha value is -0.900. The van der Waals surface area contributed by atoms with Crippen LogP contribution in [-0.4, -0.2) is 41.9 Å². The topological polar surface area (TPSA) is 52.9 Å². The Morgan fingerprint density at radius 1 is 1.00 bits per heavy atom. The molecule has 1 N–H and O–H groups in total. The van der Waals surface area contributed by atoms with Gasteiger partial charge in [-0.2, -0.15) is 0 Å². The second-order valence-electron chi connectivity index (χ2n) is 5.41. The van der Waals surface area contributed by atoms with Gasteiger partial charge in [0, 0.05) is 25.7 Å². The van der Waals surface area contributed by atoms with Crippen molar-refractivity contribution < 1.29 is 9.90 Å². The predicted molar refractivity (Wildman–Crippen MR) is 78.7 cm³/mol. The van der Waals surface area contributed by atoms with Crippen molar-refractivity contribution in [2.45, 2.75) is 64.2 Å². The maximum atomic E-state index is 10.3. The van der Waals surface area contributed by atoms with Crippen LogP contribution in [0.15, 0.2) is 4.99 Å². The zero-order valence-corrected chi connectivity index (χ0v) is 12.0. The summed E-state index contributed by atoms with van der Waals surface area (Å²) in [5, 5.41) is 8.50. The van der Waals surface area contributed by atoms with Gasteiger partial charge in [-0.1, -0.05) is 44.9 Å². The van der Waals surface area contributed by atoms with Crippen LogP contribution in [-0.2, 0) is 4.79 Å². The minimum absolute atomic E-state index is 0.334. The van der Waals surface area contributed by atoms with Gasteiger partial charge in [0.2, 0.25) is 0 Å². The Morgan fingerprint density at radius 3 is 2.11 bits per heavy atom. The van der Waals surface area contributed by atoms with Crippen molar-refractivity contribution in [1.29, 1.82) is 0 Å².